The summed E-state index contributed by atoms with van der Waals surface area (Å²) in [5.74, 6) is 0.754. The van der Waals surface area contributed by atoms with Crippen LogP contribution in [-0.2, 0) is 13.6 Å². The SMILES string of the molecule is CSC(C)CCNCc1nnn(C)n1. The van der Waals surface area contributed by atoms with Gasteiger partial charge in [-0.1, -0.05) is 6.92 Å². The highest BCUT2D eigenvalue weighted by atomic mass is 32.2. The van der Waals surface area contributed by atoms with Crippen LogP contribution in [0.1, 0.15) is 19.2 Å². The van der Waals surface area contributed by atoms with Crippen LogP contribution >= 0.6 is 11.8 Å². The molecule has 0 amide bonds. The number of aryl methyl sites for hydroxylation is 1. The smallest absolute Gasteiger partial charge is 0.188 e. The molecule has 5 nitrogen and oxygen atoms in total. The summed E-state index contributed by atoms with van der Waals surface area (Å²) in [5, 5.41) is 15.7. The van der Waals surface area contributed by atoms with Gasteiger partial charge in [0.1, 0.15) is 0 Å². The molecule has 6 heteroatoms. The molecule has 80 valence electrons. The first-order valence-electron chi connectivity index (χ1n) is 4.68. The molecule has 1 unspecified atom stereocenters. The predicted octanol–water partition coefficient (Wildman–Crippen LogP) is 0.441. The molecule has 0 fully saturated rings. The van der Waals surface area contributed by atoms with E-state index in [0.717, 1.165) is 12.4 Å². The van der Waals surface area contributed by atoms with E-state index in [2.05, 4.69) is 33.9 Å². The van der Waals surface area contributed by atoms with Crippen molar-refractivity contribution in [2.45, 2.75) is 25.1 Å². The highest BCUT2D eigenvalue weighted by Gasteiger charge is 2.01. The number of tetrazole rings is 1. The molecule has 0 aliphatic heterocycles. The lowest BCUT2D eigenvalue weighted by atomic mass is 10.3. The third kappa shape index (κ3) is 4.06. The van der Waals surface area contributed by atoms with Gasteiger partial charge in [-0.2, -0.15) is 16.6 Å². The van der Waals surface area contributed by atoms with Gasteiger partial charge in [0.05, 0.1) is 13.6 Å². The highest BCUT2D eigenvalue weighted by Crippen LogP contribution is 2.07. The molecule has 0 aliphatic carbocycles. The molecule has 1 heterocycles. The van der Waals surface area contributed by atoms with E-state index in [9.17, 15) is 0 Å². The van der Waals surface area contributed by atoms with E-state index in [1.54, 1.807) is 7.05 Å². The molecule has 0 aliphatic rings. The first kappa shape index (κ1) is 11.5. The van der Waals surface area contributed by atoms with Crippen LogP contribution < -0.4 is 5.32 Å². The Hall–Kier alpha value is -0.620. The normalized spacial score (nSPS) is 13.1. The Bertz CT molecular complexity index is 262. The third-order valence-corrected chi connectivity index (χ3v) is 3.00. The Labute approximate surface area is 88.6 Å². The average molecular weight is 215 g/mol. The molecule has 1 aromatic heterocycles. The summed E-state index contributed by atoms with van der Waals surface area (Å²) >= 11 is 1.89. The van der Waals surface area contributed by atoms with E-state index < -0.39 is 0 Å². The van der Waals surface area contributed by atoms with Gasteiger partial charge in [-0.25, -0.2) is 0 Å². The van der Waals surface area contributed by atoms with Crippen LogP contribution in [0.3, 0.4) is 0 Å². The maximum atomic E-state index is 4.07. The zero-order valence-corrected chi connectivity index (χ0v) is 9.71. The second-order valence-corrected chi connectivity index (χ2v) is 4.48. The van der Waals surface area contributed by atoms with Gasteiger partial charge in [-0.05, 0) is 24.4 Å². The van der Waals surface area contributed by atoms with E-state index in [4.69, 9.17) is 0 Å². The fourth-order valence-electron chi connectivity index (χ4n) is 1.02. The summed E-state index contributed by atoms with van der Waals surface area (Å²) in [5.41, 5.74) is 0. The van der Waals surface area contributed by atoms with Crippen molar-refractivity contribution in [2.24, 2.45) is 7.05 Å². The standard InChI is InChI=1S/C8H17N5S/c1-7(14-3)4-5-9-6-8-10-12-13(2)11-8/h7,9H,4-6H2,1-3H3. The number of aromatic nitrogens is 4. The summed E-state index contributed by atoms with van der Waals surface area (Å²) in [6.45, 7) is 3.93. The van der Waals surface area contributed by atoms with Gasteiger partial charge in [0.15, 0.2) is 5.82 Å². The number of nitrogens with one attached hydrogen (secondary N) is 1. The number of hydrogen-bond donors (Lipinski definition) is 1. The quantitative estimate of drug-likeness (QED) is 0.698. The molecule has 0 spiro atoms. The molecular weight excluding hydrogens is 198 g/mol. The van der Waals surface area contributed by atoms with Gasteiger partial charge in [0.2, 0.25) is 0 Å². The van der Waals surface area contributed by atoms with Crippen LogP contribution in [0.2, 0.25) is 0 Å². The second kappa shape index (κ2) is 5.98. The van der Waals surface area contributed by atoms with Crippen molar-refractivity contribution in [2.75, 3.05) is 12.8 Å². The lowest BCUT2D eigenvalue weighted by Gasteiger charge is -2.07. The Morgan fingerprint density at radius 2 is 2.36 bits per heavy atom. The molecule has 1 N–H and O–H groups in total. The maximum absolute atomic E-state index is 4.07. The Kier molecular flexibility index (Phi) is 4.89. The van der Waals surface area contributed by atoms with Gasteiger partial charge < -0.3 is 5.32 Å². The lowest BCUT2D eigenvalue weighted by Crippen LogP contribution is -2.18. The van der Waals surface area contributed by atoms with Gasteiger partial charge in [0.25, 0.3) is 0 Å². The highest BCUT2D eigenvalue weighted by molar-refractivity contribution is 7.99. The fourth-order valence-corrected chi connectivity index (χ4v) is 1.37. The van der Waals surface area contributed by atoms with E-state index >= 15 is 0 Å². The molecule has 0 bridgehead atoms. The molecule has 0 radical (unpaired) electrons. The minimum absolute atomic E-state index is 0.703. The van der Waals surface area contributed by atoms with Crippen LogP contribution in [0.15, 0.2) is 0 Å². The number of rotatable bonds is 6. The number of thioether (sulfide) groups is 1. The van der Waals surface area contributed by atoms with Crippen LogP contribution in [0.5, 0.6) is 0 Å². The lowest BCUT2D eigenvalue weighted by molar-refractivity contribution is 0.611. The van der Waals surface area contributed by atoms with E-state index in [0.29, 0.717) is 11.8 Å². The van der Waals surface area contributed by atoms with Crippen LogP contribution in [-0.4, -0.2) is 38.3 Å². The molecule has 0 aromatic carbocycles. The van der Waals surface area contributed by atoms with E-state index in [1.807, 2.05) is 11.8 Å². The first-order chi connectivity index (χ1) is 6.72. The molecule has 1 rings (SSSR count). The van der Waals surface area contributed by atoms with Gasteiger partial charge in [-0.15, -0.1) is 10.2 Å². The van der Waals surface area contributed by atoms with Crippen molar-refractivity contribution in [1.29, 1.82) is 0 Å². The van der Waals surface area contributed by atoms with E-state index in [1.165, 1.54) is 11.2 Å². The number of hydrogen-bond acceptors (Lipinski definition) is 5. The third-order valence-electron chi connectivity index (χ3n) is 1.96. The summed E-state index contributed by atoms with van der Waals surface area (Å²) in [7, 11) is 1.77. The molecule has 1 aromatic rings. The predicted molar refractivity (Wildman–Crippen MR) is 58.1 cm³/mol. The summed E-state index contributed by atoms with van der Waals surface area (Å²) in [6, 6.07) is 0. The minimum Gasteiger partial charge on any atom is -0.310 e. The van der Waals surface area contributed by atoms with Gasteiger partial charge in [-0.3, -0.25) is 0 Å². The fraction of sp³-hybridized carbons (Fsp3) is 0.875. The van der Waals surface area contributed by atoms with E-state index in [-0.39, 0.29) is 0 Å². The van der Waals surface area contributed by atoms with Crippen molar-refractivity contribution in [3.05, 3.63) is 5.82 Å². The summed E-state index contributed by atoms with van der Waals surface area (Å²) in [4.78, 5) is 1.47. The second-order valence-electron chi connectivity index (χ2n) is 3.21. The van der Waals surface area contributed by atoms with Crippen LogP contribution in [0.4, 0.5) is 0 Å². The summed E-state index contributed by atoms with van der Waals surface area (Å²) < 4.78 is 0. The maximum Gasteiger partial charge on any atom is 0.188 e. The van der Waals surface area contributed by atoms with Crippen molar-refractivity contribution in [3.8, 4) is 0 Å². The molecular formula is C8H17N5S. The average Bonchev–Trinajstić information content (AvgIpc) is 2.58. The van der Waals surface area contributed by atoms with Crippen LogP contribution in [0, 0.1) is 0 Å². The molecule has 0 saturated carbocycles. The minimum atomic E-state index is 0.703. The monoisotopic (exact) mass is 215 g/mol. The Morgan fingerprint density at radius 1 is 1.57 bits per heavy atom. The molecule has 1 atom stereocenters. The zero-order valence-electron chi connectivity index (χ0n) is 8.90. The Morgan fingerprint density at radius 3 is 2.93 bits per heavy atom. The Balaban J connectivity index is 2.10. The van der Waals surface area contributed by atoms with Gasteiger partial charge in [0, 0.05) is 5.25 Å². The largest absolute Gasteiger partial charge is 0.310 e. The van der Waals surface area contributed by atoms with Crippen molar-refractivity contribution >= 4 is 11.8 Å². The molecule has 0 saturated heterocycles. The topological polar surface area (TPSA) is 55.6 Å². The molecule has 14 heavy (non-hydrogen) atoms. The van der Waals surface area contributed by atoms with Crippen molar-refractivity contribution in [3.63, 3.8) is 0 Å². The number of nitrogens with zero attached hydrogens (tertiary/aromatic N) is 4. The summed E-state index contributed by atoms with van der Waals surface area (Å²) in [6.07, 6.45) is 3.30. The van der Waals surface area contributed by atoms with Gasteiger partial charge >= 0.3 is 0 Å². The zero-order chi connectivity index (χ0) is 10.4. The van der Waals surface area contributed by atoms with Crippen molar-refractivity contribution in [1.82, 2.24) is 25.5 Å². The first-order valence-corrected chi connectivity index (χ1v) is 5.97. The van der Waals surface area contributed by atoms with Crippen LogP contribution in [0.25, 0.3) is 0 Å². The van der Waals surface area contributed by atoms with Crippen molar-refractivity contribution < 1.29 is 0 Å².